The quantitative estimate of drug-likeness (QED) is 0.738. The Morgan fingerprint density at radius 3 is 2.59 bits per heavy atom. The first-order valence-corrected chi connectivity index (χ1v) is 5.69. The maximum absolute atomic E-state index is 10.8. The molecule has 2 fully saturated rings. The predicted octanol–water partition coefficient (Wildman–Crippen LogP) is -0.463. The van der Waals surface area contributed by atoms with E-state index in [9.17, 15) is 9.90 Å². The molecule has 1 saturated carbocycles. The summed E-state index contributed by atoms with van der Waals surface area (Å²) in [4.78, 5) is 12.8. The molecule has 1 aliphatic carbocycles. The van der Waals surface area contributed by atoms with E-state index in [1.54, 1.807) is 12.1 Å². The van der Waals surface area contributed by atoms with Gasteiger partial charge in [-0.25, -0.2) is 0 Å². The largest absolute Gasteiger partial charge is 0.386 e. The fourth-order valence-electron chi connectivity index (χ4n) is 2.28. The van der Waals surface area contributed by atoms with E-state index in [2.05, 4.69) is 10.2 Å². The molecule has 3 N–H and O–H groups in total. The summed E-state index contributed by atoms with van der Waals surface area (Å²) >= 11 is 0. The minimum atomic E-state index is -0.581. The van der Waals surface area contributed by atoms with Gasteiger partial charge in [0.15, 0.2) is 11.5 Å². The van der Waals surface area contributed by atoms with Crippen molar-refractivity contribution >= 4 is 11.7 Å². The van der Waals surface area contributed by atoms with Crippen LogP contribution >= 0.6 is 0 Å². The molecule has 90 valence electrons. The Hall–Kier alpha value is -1.69. The second-order valence-electron chi connectivity index (χ2n) is 4.87. The number of carbonyl (C=O) groups is 1. The monoisotopic (exact) mass is 234 g/mol. The topological polar surface area (TPSA) is 92.3 Å². The SMILES string of the molecule is NC(=O)c1ccc(N2CC(O)(C3CC3)C2)nn1. The third kappa shape index (κ3) is 1.74. The number of hydrogen-bond donors (Lipinski definition) is 2. The highest BCUT2D eigenvalue weighted by molar-refractivity contribution is 5.90. The molecule has 0 atom stereocenters. The molecular weight excluding hydrogens is 220 g/mol. The van der Waals surface area contributed by atoms with Gasteiger partial charge in [-0.3, -0.25) is 4.79 Å². The van der Waals surface area contributed by atoms with Crippen molar-refractivity contribution in [3.63, 3.8) is 0 Å². The fraction of sp³-hybridized carbons (Fsp3) is 0.545. The van der Waals surface area contributed by atoms with Crippen molar-refractivity contribution < 1.29 is 9.90 Å². The van der Waals surface area contributed by atoms with E-state index in [1.165, 1.54) is 0 Å². The molecule has 1 aromatic heterocycles. The zero-order chi connectivity index (χ0) is 12.0. The average molecular weight is 234 g/mol. The first kappa shape index (κ1) is 10.5. The van der Waals surface area contributed by atoms with Crippen LogP contribution in [0.5, 0.6) is 0 Å². The number of hydrogen-bond acceptors (Lipinski definition) is 5. The smallest absolute Gasteiger partial charge is 0.269 e. The van der Waals surface area contributed by atoms with Crippen LogP contribution in [0.25, 0.3) is 0 Å². The molecule has 2 heterocycles. The summed E-state index contributed by atoms with van der Waals surface area (Å²) in [5, 5.41) is 17.8. The van der Waals surface area contributed by atoms with Gasteiger partial charge in [-0.1, -0.05) is 0 Å². The average Bonchev–Trinajstić information content (AvgIpc) is 3.09. The minimum Gasteiger partial charge on any atom is -0.386 e. The molecule has 17 heavy (non-hydrogen) atoms. The van der Waals surface area contributed by atoms with Gasteiger partial charge in [-0.05, 0) is 30.9 Å². The van der Waals surface area contributed by atoms with Crippen molar-refractivity contribution in [3.8, 4) is 0 Å². The molecule has 1 amide bonds. The highest BCUT2D eigenvalue weighted by Crippen LogP contribution is 2.45. The number of nitrogens with zero attached hydrogens (tertiary/aromatic N) is 3. The highest BCUT2D eigenvalue weighted by atomic mass is 16.3. The van der Waals surface area contributed by atoms with Crippen LogP contribution in [0, 0.1) is 5.92 Å². The van der Waals surface area contributed by atoms with Crippen molar-refractivity contribution in [1.82, 2.24) is 10.2 Å². The number of primary amides is 1. The Balaban J connectivity index is 1.68. The highest BCUT2D eigenvalue weighted by Gasteiger charge is 2.52. The summed E-state index contributed by atoms with van der Waals surface area (Å²) in [6.07, 6.45) is 2.24. The summed E-state index contributed by atoms with van der Waals surface area (Å²) in [6, 6.07) is 3.26. The number of nitrogens with two attached hydrogens (primary N) is 1. The van der Waals surface area contributed by atoms with E-state index in [0.29, 0.717) is 24.8 Å². The van der Waals surface area contributed by atoms with E-state index >= 15 is 0 Å². The molecule has 6 nitrogen and oxygen atoms in total. The summed E-state index contributed by atoms with van der Waals surface area (Å²) in [5.41, 5.74) is 4.70. The summed E-state index contributed by atoms with van der Waals surface area (Å²) in [6.45, 7) is 1.20. The van der Waals surface area contributed by atoms with Crippen molar-refractivity contribution in [2.45, 2.75) is 18.4 Å². The van der Waals surface area contributed by atoms with Crippen molar-refractivity contribution in [1.29, 1.82) is 0 Å². The number of rotatable bonds is 3. The first-order chi connectivity index (χ1) is 8.08. The zero-order valence-corrected chi connectivity index (χ0v) is 9.33. The van der Waals surface area contributed by atoms with Gasteiger partial charge in [0.2, 0.25) is 0 Å². The maximum Gasteiger partial charge on any atom is 0.269 e. The summed E-state index contributed by atoms with van der Waals surface area (Å²) < 4.78 is 0. The van der Waals surface area contributed by atoms with E-state index < -0.39 is 11.5 Å². The van der Waals surface area contributed by atoms with E-state index in [0.717, 1.165) is 12.8 Å². The van der Waals surface area contributed by atoms with E-state index in [4.69, 9.17) is 5.73 Å². The number of carbonyl (C=O) groups excluding carboxylic acids is 1. The van der Waals surface area contributed by atoms with Crippen LogP contribution in [0.3, 0.4) is 0 Å². The fourth-order valence-corrected chi connectivity index (χ4v) is 2.28. The lowest BCUT2D eigenvalue weighted by Crippen LogP contribution is -2.63. The molecule has 0 radical (unpaired) electrons. The summed E-state index contributed by atoms with van der Waals surface area (Å²) in [5.74, 6) is 0.555. The van der Waals surface area contributed by atoms with Gasteiger partial charge in [0.1, 0.15) is 5.60 Å². The molecule has 0 spiro atoms. The van der Waals surface area contributed by atoms with Gasteiger partial charge in [0, 0.05) is 0 Å². The van der Waals surface area contributed by atoms with Crippen LogP contribution in [0.15, 0.2) is 12.1 Å². The molecule has 0 aromatic carbocycles. The zero-order valence-electron chi connectivity index (χ0n) is 9.33. The van der Waals surface area contributed by atoms with Crippen molar-refractivity contribution in [3.05, 3.63) is 17.8 Å². The van der Waals surface area contributed by atoms with Crippen molar-refractivity contribution in [2.75, 3.05) is 18.0 Å². The lowest BCUT2D eigenvalue weighted by molar-refractivity contribution is -0.00983. The molecular formula is C11H14N4O2. The first-order valence-electron chi connectivity index (χ1n) is 5.69. The number of β-amino-alcohol motifs (C(OH)–C–C–N with tert-alkyl or cyclic N) is 1. The van der Waals surface area contributed by atoms with Crippen LogP contribution < -0.4 is 10.6 Å². The van der Waals surface area contributed by atoms with E-state index in [1.807, 2.05) is 4.90 Å². The Labute approximate surface area is 98.4 Å². The number of amides is 1. The molecule has 0 unspecified atom stereocenters. The van der Waals surface area contributed by atoms with Crippen molar-refractivity contribution in [2.24, 2.45) is 11.7 Å². The lowest BCUT2D eigenvalue weighted by atomic mass is 9.89. The lowest BCUT2D eigenvalue weighted by Gasteiger charge is -2.47. The molecule has 1 aliphatic heterocycles. The van der Waals surface area contributed by atoms with Gasteiger partial charge < -0.3 is 15.7 Å². The molecule has 3 rings (SSSR count). The van der Waals surface area contributed by atoms with E-state index in [-0.39, 0.29) is 5.69 Å². The predicted molar refractivity (Wildman–Crippen MR) is 60.4 cm³/mol. The van der Waals surface area contributed by atoms with Gasteiger partial charge in [-0.2, -0.15) is 0 Å². The van der Waals surface area contributed by atoms with Gasteiger partial charge >= 0.3 is 0 Å². The third-order valence-corrected chi connectivity index (χ3v) is 3.49. The van der Waals surface area contributed by atoms with Gasteiger partial charge in [0.25, 0.3) is 5.91 Å². The maximum atomic E-state index is 10.8. The molecule has 1 saturated heterocycles. The van der Waals surface area contributed by atoms with Crippen LogP contribution in [0.1, 0.15) is 23.3 Å². The Morgan fingerprint density at radius 2 is 2.12 bits per heavy atom. The molecule has 6 heteroatoms. The van der Waals surface area contributed by atoms with Crippen LogP contribution in [0.2, 0.25) is 0 Å². The van der Waals surface area contributed by atoms with Gasteiger partial charge in [-0.15, -0.1) is 10.2 Å². The summed E-state index contributed by atoms with van der Waals surface area (Å²) in [7, 11) is 0. The second kappa shape index (κ2) is 3.40. The Morgan fingerprint density at radius 1 is 1.41 bits per heavy atom. The van der Waals surface area contributed by atoms with Crippen LogP contribution in [-0.2, 0) is 0 Å². The standard InChI is InChI=1S/C11H14N4O2/c12-10(16)8-3-4-9(14-13-8)15-5-11(17,6-15)7-1-2-7/h3-4,7,17H,1-2,5-6H2,(H2,12,16). The Kier molecular flexibility index (Phi) is 2.09. The van der Waals surface area contributed by atoms with Crippen LogP contribution in [0.4, 0.5) is 5.82 Å². The minimum absolute atomic E-state index is 0.159. The van der Waals surface area contributed by atoms with Crippen LogP contribution in [-0.4, -0.2) is 39.9 Å². The number of aromatic nitrogens is 2. The molecule has 1 aromatic rings. The van der Waals surface area contributed by atoms with Gasteiger partial charge in [0.05, 0.1) is 13.1 Å². The second-order valence-corrected chi connectivity index (χ2v) is 4.87. The number of aliphatic hydroxyl groups is 1. The third-order valence-electron chi connectivity index (χ3n) is 3.49. The number of anilines is 1. The molecule has 0 bridgehead atoms. The molecule has 2 aliphatic rings. The Bertz CT molecular complexity index is 449. The normalized spacial score (nSPS) is 22.1.